The summed E-state index contributed by atoms with van der Waals surface area (Å²) in [6, 6.07) is 42.9. The van der Waals surface area contributed by atoms with Crippen molar-refractivity contribution < 1.29 is 21.6 Å². The molecule has 0 saturated carbocycles. The van der Waals surface area contributed by atoms with Gasteiger partial charge in [0.05, 0.1) is 39.5 Å². The van der Waals surface area contributed by atoms with E-state index in [-0.39, 0.29) is 41.3 Å². The number of pyridine rings is 3. The molecule has 326 valence electrons. The lowest BCUT2D eigenvalue weighted by Gasteiger charge is -2.31. The number of aryl methyl sites for hydroxylation is 1. The smallest absolute Gasteiger partial charge is 0.251 e. The van der Waals surface area contributed by atoms with E-state index in [0.717, 1.165) is 39.1 Å². The van der Waals surface area contributed by atoms with Crippen molar-refractivity contribution in [2.24, 2.45) is 0 Å². The lowest BCUT2D eigenvalue weighted by Crippen LogP contribution is -2.34. The fourth-order valence-corrected chi connectivity index (χ4v) is 10.6. The fraction of sp³-hybridized carbons (Fsp3) is 0.200. The number of nitrogens with zero attached hydrogens (tertiary/aromatic N) is 4. The second kappa shape index (κ2) is 20.0. The third-order valence-electron chi connectivity index (χ3n) is 11.4. The van der Waals surface area contributed by atoms with Crippen LogP contribution in [0.15, 0.2) is 174 Å². The Labute approximate surface area is 375 Å². The highest BCUT2D eigenvalue weighted by Gasteiger charge is 2.33. The van der Waals surface area contributed by atoms with Gasteiger partial charge in [-0.15, -0.1) is 0 Å². The Morgan fingerprint density at radius 2 is 1.33 bits per heavy atom. The zero-order valence-corrected chi connectivity index (χ0v) is 37.0. The molecular formula is C50H49N7O5S2. The molecule has 3 heterocycles. The SMILES string of the molecule is Cc1cc(C2Cc3cccnc3C(NS(=O)(=O)c3ccc(C(=O)NCc4ccccn4)cc3)C2)cnc1CNCc1ccc(S(=O)(=O)N(Cc2ccccc2)Cc2ccccc2)cc1. The van der Waals surface area contributed by atoms with E-state index in [2.05, 4.69) is 31.4 Å². The number of rotatable bonds is 17. The van der Waals surface area contributed by atoms with Crippen LogP contribution in [0.1, 0.15) is 79.2 Å². The second-order valence-electron chi connectivity index (χ2n) is 15.9. The first-order chi connectivity index (χ1) is 31.0. The van der Waals surface area contributed by atoms with Crippen molar-refractivity contribution in [1.82, 2.24) is 34.6 Å². The van der Waals surface area contributed by atoms with Crippen LogP contribution in [-0.2, 0) is 59.2 Å². The Kier molecular flexibility index (Phi) is 13.8. The van der Waals surface area contributed by atoms with Gasteiger partial charge < -0.3 is 10.6 Å². The molecule has 2 unspecified atom stereocenters. The van der Waals surface area contributed by atoms with Crippen LogP contribution in [-0.4, -0.2) is 42.0 Å². The maximum absolute atomic E-state index is 14.0. The summed E-state index contributed by atoms with van der Waals surface area (Å²) in [5.41, 5.74) is 8.36. The van der Waals surface area contributed by atoms with E-state index in [1.165, 1.54) is 28.6 Å². The average molecular weight is 892 g/mol. The van der Waals surface area contributed by atoms with E-state index in [4.69, 9.17) is 4.98 Å². The van der Waals surface area contributed by atoms with Gasteiger partial charge in [-0.25, -0.2) is 21.6 Å². The van der Waals surface area contributed by atoms with E-state index >= 15 is 0 Å². The Bertz CT molecular complexity index is 2860. The molecule has 8 rings (SSSR count). The summed E-state index contributed by atoms with van der Waals surface area (Å²) < 4.78 is 59.9. The average Bonchev–Trinajstić information content (AvgIpc) is 3.32. The second-order valence-corrected chi connectivity index (χ2v) is 19.6. The van der Waals surface area contributed by atoms with Crippen LogP contribution in [0.3, 0.4) is 0 Å². The maximum atomic E-state index is 14.0. The molecule has 1 aliphatic rings. The molecule has 14 heteroatoms. The monoisotopic (exact) mass is 891 g/mol. The lowest BCUT2D eigenvalue weighted by molar-refractivity contribution is 0.0950. The first-order valence-electron chi connectivity index (χ1n) is 21.1. The highest BCUT2D eigenvalue weighted by atomic mass is 32.2. The van der Waals surface area contributed by atoms with Gasteiger partial charge in [0.15, 0.2) is 0 Å². The number of hydrogen-bond donors (Lipinski definition) is 3. The quantitative estimate of drug-likeness (QED) is 0.0839. The van der Waals surface area contributed by atoms with Gasteiger partial charge in [0.2, 0.25) is 20.0 Å². The molecule has 1 aliphatic carbocycles. The molecule has 4 aromatic carbocycles. The van der Waals surface area contributed by atoms with E-state index < -0.39 is 26.1 Å². The topological polar surface area (TPSA) is 163 Å². The van der Waals surface area contributed by atoms with E-state index in [9.17, 15) is 21.6 Å². The van der Waals surface area contributed by atoms with Gasteiger partial charge in [-0.2, -0.15) is 4.31 Å². The number of benzene rings is 4. The van der Waals surface area contributed by atoms with Crippen LogP contribution < -0.4 is 15.4 Å². The summed E-state index contributed by atoms with van der Waals surface area (Å²) in [6.07, 6.45) is 6.37. The van der Waals surface area contributed by atoms with Crippen LogP contribution in [0, 0.1) is 6.92 Å². The van der Waals surface area contributed by atoms with Gasteiger partial charge in [-0.05, 0) is 114 Å². The standard InChI is InChI=1S/C50H49N7O5S2/c1-36-27-43(31-54-48(36)33-51-30-37-17-21-46(22-18-37)64(61,62)57(34-38-11-4-2-5-12-38)35-39-13-6-3-7-14-39)42-28-41-15-10-26-53-49(41)47(29-42)56-63(59,60)45-23-19-40(20-24-45)50(58)55-32-44-16-8-9-25-52-44/h2-27,31,42,47,51,56H,28-30,32-35H2,1H3,(H,55,58). The number of nitrogens with one attached hydrogen (secondary N) is 3. The molecule has 0 radical (unpaired) electrons. The number of amides is 1. The molecule has 3 N–H and O–H groups in total. The molecule has 0 aliphatic heterocycles. The molecule has 1 amide bonds. The van der Waals surface area contributed by atoms with Crippen molar-refractivity contribution in [2.45, 2.75) is 74.2 Å². The zero-order chi connectivity index (χ0) is 44.5. The van der Waals surface area contributed by atoms with Gasteiger partial charge in [-0.1, -0.05) is 91.0 Å². The number of hydrogen-bond acceptors (Lipinski definition) is 9. The molecule has 12 nitrogen and oxygen atoms in total. The highest BCUT2D eigenvalue weighted by molar-refractivity contribution is 7.89. The molecule has 0 fully saturated rings. The number of fused-ring (bicyclic) bond motifs is 1. The number of sulfonamides is 2. The van der Waals surface area contributed by atoms with E-state index in [0.29, 0.717) is 42.9 Å². The minimum Gasteiger partial charge on any atom is -0.346 e. The van der Waals surface area contributed by atoms with Gasteiger partial charge in [0.25, 0.3) is 5.91 Å². The Morgan fingerprint density at radius 1 is 0.672 bits per heavy atom. The third kappa shape index (κ3) is 10.8. The van der Waals surface area contributed by atoms with Crippen LogP contribution in [0.2, 0.25) is 0 Å². The summed E-state index contributed by atoms with van der Waals surface area (Å²) in [7, 11) is -7.78. The summed E-state index contributed by atoms with van der Waals surface area (Å²) >= 11 is 0. The van der Waals surface area contributed by atoms with E-state index in [1.807, 2.05) is 110 Å². The maximum Gasteiger partial charge on any atom is 0.251 e. The molecule has 0 saturated heterocycles. The van der Waals surface area contributed by atoms with Gasteiger partial charge >= 0.3 is 0 Å². The van der Waals surface area contributed by atoms with E-state index in [1.54, 1.807) is 30.6 Å². The Hall–Kier alpha value is -6.42. The van der Waals surface area contributed by atoms with Crippen LogP contribution in [0.25, 0.3) is 0 Å². The predicted octanol–water partition coefficient (Wildman–Crippen LogP) is 7.54. The molecule has 0 bridgehead atoms. The molecule has 64 heavy (non-hydrogen) atoms. The first kappa shape index (κ1) is 44.2. The summed E-state index contributed by atoms with van der Waals surface area (Å²) in [5, 5.41) is 6.27. The van der Waals surface area contributed by atoms with Crippen molar-refractivity contribution in [2.75, 3.05) is 0 Å². The van der Waals surface area contributed by atoms with Crippen LogP contribution >= 0.6 is 0 Å². The first-order valence-corrected chi connectivity index (χ1v) is 24.0. The van der Waals surface area contributed by atoms with Gasteiger partial charge in [0, 0.05) is 50.3 Å². The van der Waals surface area contributed by atoms with Crippen molar-refractivity contribution >= 4 is 26.0 Å². The molecule has 0 spiro atoms. The van der Waals surface area contributed by atoms with Gasteiger partial charge in [-0.3, -0.25) is 19.7 Å². The summed E-state index contributed by atoms with van der Waals surface area (Å²) in [6.45, 7) is 3.79. The zero-order valence-electron chi connectivity index (χ0n) is 35.3. The van der Waals surface area contributed by atoms with Crippen molar-refractivity contribution in [3.63, 3.8) is 0 Å². The van der Waals surface area contributed by atoms with Crippen molar-refractivity contribution in [3.05, 3.63) is 220 Å². The van der Waals surface area contributed by atoms with Gasteiger partial charge in [0.1, 0.15) is 0 Å². The van der Waals surface area contributed by atoms with Crippen LogP contribution in [0.4, 0.5) is 0 Å². The van der Waals surface area contributed by atoms with Crippen molar-refractivity contribution in [1.29, 1.82) is 0 Å². The Balaban J connectivity index is 0.887. The van der Waals surface area contributed by atoms with Crippen molar-refractivity contribution in [3.8, 4) is 0 Å². The number of aromatic nitrogens is 3. The number of carbonyl (C=O) groups is 1. The minimum absolute atomic E-state index is 0.0195. The summed E-state index contributed by atoms with van der Waals surface area (Å²) in [4.78, 5) is 26.7. The highest BCUT2D eigenvalue weighted by Crippen LogP contribution is 2.38. The predicted molar refractivity (Wildman–Crippen MR) is 245 cm³/mol. The summed E-state index contributed by atoms with van der Waals surface area (Å²) in [5.74, 6) is -0.350. The van der Waals surface area contributed by atoms with Crippen LogP contribution in [0.5, 0.6) is 0 Å². The largest absolute Gasteiger partial charge is 0.346 e. The molecule has 3 aromatic heterocycles. The molecule has 7 aromatic rings. The molecule has 2 atom stereocenters. The fourth-order valence-electron chi connectivity index (χ4n) is 7.94. The minimum atomic E-state index is -3.98. The third-order valence-corrected chi connectivity index (χ3v) is 14.7. The Morgan fingerprint density at radius 3 is 1.98 bits per heavy atom. The number of carbonyl (C=O) groups excluding carboxylic acids is 1. The normalized spacial score (nSPS) is 15.1. The molecular weight excluding hydrogens is 843 g/mol. The lowest BCUT2D eigenvalue weighted by atomic mass is 9.80.